The molecular formula is C15H32O2Si. The second-order valence-corrected chi connectivity index (χ2v) is 7.74. The molecule has 1 aliphatic rings. The van der Waals surface area contributed by atoms with Crippen molar-refractivity contribution in [3.8, 4) is 0 Å². The van der Waals surface area contributed by atoms with E-state index in [9.17, 15) is 0 Å². The maximum absolute atomic E-state index is 6.17. The summed E-state index contributed by atoms with van der Waals surface area (Å²) < 4.78 is 12.3. The van der Waals surface area contributed by atoms with Gasteiger partial charge < -0.3 is 9.47 Å². The maximum Gasteiger partial charge on any atom is 0.168 e. The lowest BCUT2D eigenvalue weighted by Gasteiger charge is -2.42. The van der Waals surface area contributed by atoms with E-state index in [1.807, 2.05) is 0 Å². The van der Waals surface area contributed by atoms with Crippen LogP contribution in [0.2, 0.25) is 11.6 Å². The third kappa shape index (κ3) is 4.67. The Bertz CT molecular complexity index is 197. The van der Waals surface area contributed by atoms with Crippen molar-refractivity contribution in [3.63, 3.8) is 0 Å². The van der Waals surface area contributed by atoms with Crippen molar-refractivity contribution in [3.05, 3.63) is 0 Å². The fourth-order valence-corrected chi connectivity index (χ4v) is 5.87. The molecule has 0 N–H and O–H groups in total. The quantitative estimate of drug-likeness (QED) is 0.360. The van der Waals surface area contributed by atoms with Gasteiger partial charge >= 0.3 is 0 Å². The van der Waals surface area contributed by atoms with Crippen molar-refractivity contribution < 1.29 is 9.47 Å². The highest BCUT2D eigenvalue weighted by Gasteiger charge is 2.40. The Morgan fingerprint density at radius 2 is 1.78 bits per heavy atom. The zero-order chi connectivity index (χ0) is 13.3. The molecule has 2 nitrogen and oxygen atoms in total. The number of hydrogen-bond acceptors (Lipinski definition) is 2. The van der Waals surface area contributed by atoms with Crippen LogP contribution in [0.4, 0.5) is 0 Å². The largest absolute Gasteiger partial charge is 0.350 e. The van der Waals surface area contributed by atoms with Gasteiger partial charge in [-0.2, -0.15) is 0 Å². The molecule has 1 aliphatic heterocycles. The molecule has 1 saturated heterocycles. The Hall–Kier alpha value is 0.137. The maximum atomic E-state index is 6.17. The summed E-state index contributed by atoms with van der Waals surface area (Å²) >= 11 is 0. The summed E-state index contributed by atoms with van der Waals surface area (Å²) in [5.74, 6) is -0.217. The van der Waals surface area contributed by atoms with Crippen molar-refractivity contribution >= 4 is 9.52 Å². The van der Waals surface area contributed by atoms with Crippen molar-refractivity contribution in [2.24, 2.45) is 0 Å². The SMILES string of the molecule is CCCCCC(OCC)(OCC)C1CCCC[SiH2]1. The van der Waals surface area contributed by atoms with Gasteiger partial charge in [-0.3, -0.25) is 0 Å². The first-order valence-electron chi connectivity index (χ1n) is 8.07. The molecule has 1 unspecified atom stereocenters. The van der Waals surface area contributed by atoms with Crippen LogP contribution in [-0.4, -0.2) is 28.5 Å². The molecule has 1 rings (SSSR count). The molecule has 0 bridgehead atoms. The van der Waals surface area contributed by atoms with Crippen molar-refractivity contribution in [1.29, 1.82) is 0 Å². The van der Waals surface area contributed by atoms with Crippen molar-refractivity contribution in [2.45, 2.75) is 83.1 Å². The third-order valence-electron chi connectivity index (χ3n) is 4.13. The summed E-state index contributed by atoms with van der Waals surface area (Å²) in [4.78, 5) is 0. The Kier molecular flexibility index (Phi) is 8.19. The summed E-state index contributed by atoms with van der Waals surface area (Å²) in [6.07, 6.45) is 9.12. The van der Waals surface area contributed by atoms with Crippen molar-refractivity contribution in [1.82, 2.24) is 0 Å². The average molecular weight is 273 g/mol. The zero-order valence-electron chi connectivity index (χ0n) is 12.7. The first kappa shape index (κ1) is 16.2. The second-order valence-electron chi connectivity index (χ2n) is 5.47. The first-order chi connectivity index (χ1) is 8.79. The van der Waals surface area contributed by atoms with E-state index in [0.29, 0.717) is 0 Å². The molecule has 18 heavy (non-hydrogen) atoms. The minimum atomic E-state index is -0.217. The minimum absolute atomic E-state index is 0.00653. The predicted octanol–water partition coefficient (Wildman–Crippen LogP) is 3.90. The van der Waals surface area contributed by atoms with Gasteiger partial charge in [-0.05, 0) is 26.7 Å². The van der Waals surface area contributed by atoms with Gasteiger partial charge in [0, 0.05) is 34.7 Å². The molecule has 0 amide bonds. The highest BCUT2D eigenvalue weighted by atomic mass is 28.2. The van der Waals surface area contributed by atoms with Gasteiger partial charge in [0.2, 0.25) is 0 Å². The van der Waals surface area contributed by atoms with Crippen LogP contribution in [0.3, 0.4) is 0 Å². The fourth-order valence-electron chi connectivity index (χ4n) is 3.28. The molecule has 0 aromatic heterocycles. The lowest BCUT2D eigenvalue weighted by molar-refractivity contribution is -0.241. The van der Waals surface area contributed by atoms with E-state index in [1.54, 1.807) is 0 Å². The summed E-state index contributed by atoms with van der Waals surface area (Å²) in [5.41, 5.74) is 0.753. The second kappa shape index (κ2) is 9.11. The monoisotopic (exact) mass is 272 g/mol. The number of rotatable bonds is 9. The molecule has 0 aromatic carbocycles. The molecule has 0 radical (unpaired) electrons. The Balaban J connectivity index is 2.66. The van der Waals surface area contributed by atoms with Gasteiger partial charge in [-0.1, -0.05) is 38.7 Å². The van der Waals surface area contributed by atoms with Crippen LogP contribution < -0.4 is 0 Å². The number of hydrogen-bond donors (Lipinski definition) is 0. The van der Waals surface area contributed by atoms with Gasteiger partial charge in [0.15, 0.2) is 5.79 Å². The molecule has 108 valence electrons. The van der Waals surface area contributed by atoms with E-state index in [1.165, 1.54) is 44.6 Å². The van der Waals surface area contributed by atoms with E-state index in [0.717, 1.165) is 25.2 Å². The Morgan fingerprint density at radius 3 is 2.28 bits per heavy atom. The molecule has 1 atom stereocenters. The van der Waals surface area contributed by atoms with Crippen LogP contribution in [0, 0.1) is 0 Å². The smallest absolute Gasteiger partial charge is 0.168 e. The zero-order valence-corrected chi connectivity index (χ0v) is 14.1. The molecule has 0 aromatic rings. The first-order valence-corrected chi connectivity index (χ1v) is 9.88. The molecule has 3 heteroatoms. The summed E-state index contributed by atoms with van der Waals surface area (Å²) in [7, 11) is -0.00653. The predicted molar refractivity (Wildman–Crippen MR) is 81.1 cm³/mol. The fraction of sp³-hybridized carbons (Fsp3) is 1.00. The molecular weight excluding hydrogens is 240 g/mol. The van der Waals surface area contributed by atoms with E-state index in [2.05, 4.69) is 20.8 Å². The molecule has 0 saturated carbocycles. The van der Waals surface area contributed by atoms with Crippen LogP contribution in [0.1, 0.15) is 65.7 Å². The van der Waals surface area contributed by atoms with Crippen LogP contribution in [0.25, 0.3) is 0 Å². The van der Waals surface area contributed by atoms with E-state index in [4.69, 9.17) is 9.47 Å². The van der Waals surface area contributed by atoms with Gasteiger partial charge in [-0.15, -0.1) is 0 Å². The molecule has 1 fully saturated rings. The van der Waals surface area contributed by atoms with Crippen LogP contribution >= 0.6 is 0 Å². The van der Waals surface area contributed by atoms with Crippen molar-refractivity contribution in [2.75, 3.05) is 13.2 Å². The van der Waals surface area contributed by atoms with E-state index < -0.39 is 0 Å². The van der Waals surface area contributed by atoms with Crippen LogP contribution in [0.15, 0.2) is 0 Å². The number of ether oxygens (including phenoxy) is 2. The third-order valence-corrected chi connectivity index (χ3v) is 6.77. The standard InChI is InChI=1S/C15H32O2Si/c1-4-7-9-12-15(16-5-2,17-6-3)14-11-8-10-13-18-14/h14H,4-13,18H2,1-3H3. The lowest BCUT2D eigenvalue weighted by Crippen LogP contribution is -2.44. The lowest BCUT2D eigenvalue weighted by atomic mass is 9.99. The summed E-state index contributed by atoms with van der Waals surface area (Å²) in [5, 5.41) is 0. The highest BCUT2D eigenvalue weighted by molar-refractivity contribution is 6.38. The average Bonchev–Trinajstić information content (AvgIpc) is 2.40. The van der Waals surface area contributed by atoms with Gasteiger partial charge in [0.05, 0.1) is 0 Å². The summed E-state index contributed by atoms with van der Waals surface area (Å²) in [6.45, 7) is 8.06. The highest BCUT2D eigenvalue weighted by Crippen LogP contribution is 2.40. The van der Waals surface area contributed by atoms with Gasteiger partial charge in [0.25, 0.3) is 0 Å². The van der Waals surface area contributed by atoms with E-state index in [-0.39, 0.29) is 15.3 Å². The van der Waals surface area contributed by atoms with E-state index >= 15 is 0 Å². The molecule has 1 heterocycles. The van der Waals surface area contributed by atoms with Crippen LogP contribution in [-0.2, 0) is 9.47 Å². The topological polar surface area (TPSA) is 18.5 Å². The molecule has 0 spiro atoms. The Labute approximate surface area is 116 Å². The normalized spacial score (nSPS) is 22.5. The van der Waals surface area contributed by atoms with Crippen LogP contribution in [0.5, 0.6) is 0 Å². The Morgan fingerprint density at radius 1 is 1.06 bits per heavy atom. The minimum Gasteiger partial charge on any atom is -0.350 e. The summed E-state index contributed by atoms with van der Waals surface area (Å²) in [6, 6.07) is 1.49. The number of unbranched alkanes of at least 4 members (excludes halogenated alkanes) is 2. The van der Waals surface area contributed by atoms with Gasteiger partial charge in [-0.25, -0.2) is 0 Å². The van der Waals surface area contributed by atoms with Gasteiger partial charge in [0.1, 0.15) is 0 Å². The molecule has 0 aliphatic carbocycles.